The largest absolute Gasteiger partial charge is 0.453 e. The summed E-state index contributed by atoms with van der Waals surface area (Å²) in [6.07, 6.45) is 1.81. The molecule has 0 spiro atoms. The van der Waals surface area contributed by atoms with Crippen LogP contribution >= 0.6 is 11.3 Å². The Morgan fingerprint density at radius 3 is 2.26 bits per heavy atom. The molecule has 0 N–H and O–H groups in total. The summed E-state index contributed by atoms with van der Waals surface area (Å²) in [6, 6.07) is 45.9. The van der Waals surface area contributed by atoms with Crippen LogP contribution in [0.25, 0.3) is 87.0 Å². The third kappa shape index (κ3) is 3.92. The molecule has 0 radical (unpaired) electrons. The minimum Gasteiger partial charge on any atom is -0.453 e. The monoisotopic (exact) mass is 620 g/mol. The van der Waals surface area contributed by atoms with E-state index in [0.29, 0.717) is 11.4 Å². The molecular weight excluding hydrogens is 593 g/mol. The Balaban J connectivity index is 1.07. The van der Waals surface area contributed by atoms with Gasteiger partial charge in [-0.1, -0.05) is 111 Å². The summed E-state index contributed by atoms with van der Waals surface area (Å²) in [7, 11) is 0. The number of fused-ring (bicyclic) bond motifs is 9. The molecule has 3 nitrogen and oxygen atoms in total. The van der Waals surface area contributed by atoms with Crippen LogP contribution < -0.4 is 0 Å². The van der Waals surface area contributed by atoms with Gasteiger partial charge in [0.05, 0.1) is 6.20 Å². The normalized spacial score (nSPS) is 13.5. The molecular formula is C43H28N2OS. The van der Waals surface area contributed by atoms with Gasteiger partial charge < -0.3 is 4.42 Å². The van der Waals surface area contributed by atoms with Gasteiger partial charge in [0.1, 0.15) is 11.1 Å². The van der Waals surface area contributed by atoms with E-state index in [2.05, 4.69) is 141 Å². The van der Waals surface area contributed by atoms with Crippen LogP contribution in [-0.4, -0.2) is 9.97 Å². The van der Waals surface area contributed by atoms with Crippen LogP contribution in [0.5, 0.6) is 0 Å². The molecule has 1 aliphatic carbocycles. The Morgan fingerprint density at radius 2 is 1.30 bits per heavy atom. The van der Waals surface area contributed by atoms with Gasteiger partial charge in [0.15, 0.2) is 11.4 Å². The highest BCUT2D eigenvalue weighted by Crippen LogP contribution is 2.49. The Labute approximate surface area is 275 Å². The van der Waals surface area contributed by atoms with Crippen LogP contribution in [0.1, 0.15) is 25.0 Å². The molecule has 3 aromatic heterocycles. The number of hydrogen-bond donors (Lipinski definition) is 0. The van der Waals surface area contributed by atoms with Gasteiger partial charge in [-0.15, -0.1) is 11.3 Å². The van der Waals surface area contributed by atoms with Crippen LogP contribution in [0.4, 0.5) is 0 Å². The zero-order valence-electron chi connectivity index (χ0n) is 25.9. The first-order valence-electron chi connectivity index (χ1n) is 16.0. The summed E-state index contributed by atoms with van der Waals surface area (Å²) in [6.45, 7) is 4.65. The topological polar surface area (TPSA) is 38.9 Å². The number of furan rings is 1. The average molecular weight is 621 g/mol. The first-order valence-corrected chi connectivity index (χ1v) is 16.8. The summed E-state index contributed by atoms with van der Waals surface area (Å²) in [4.78, 5) is 9.86. The second-order valence-corrected chi connectivity index (χ2v) is 14.1. The van der Waals surface area contributed by atoms with Crippen molar-refractivity contribution < 1.29 is 4.42 Å². The second-order valence-electron chi connectivity index (χ2n) is 13.0. The van der Waals surface area contributed by atoms with Crippen molar-refractivity contribution in [2.24, 2.45) is 0 Å². The summed E-state index contributed by atoms with van der Waals surface area (Å²) in [5.41, 5.74) is 13.4. The number of hydrogen-bond acceptors (Lipinski definition) is 4. The first-order chi connectivity index (χ1) is 23.0. The summed E-state index contributed by atoms with van der Waals surface area (Å²) in [5, 5.41) is 3.60. The van der Waals surface area contributed by atoms with Gasteiger partial charge in [-0.25, -0.2) is 9.97 Å². The molecule has 0 amide bonds. The van der Waals surface area contributed by atoms with Crippen molar-refractivity contribution in [2.75, 3.05) is 0 Å². The smallest absolute Gasteiger partial charge is 0.172 e. The maximum atomic E-state index is 6.23. The standard InChI is InChI=1S/C43H28N2OS/c1-43(2)35-15-5-3-11-30(35)31-19-17-26(23-36(31)43)25-18-20-37-34(22-25)40-38(46-37)24-44-42(45-40)28-10-7-9-27(21-28)29-13-8-14-33-32-12-4-6-16-39(32)47-41(29)33/h3-24H,1-2H3. The van der Waals surface area contributed by atoms with E-state index in [-0.39, 0.29) is 5.41 Å². The van der Waals surface area contributed by atoms with E-state index in [1.165, 1.54) is 53.6 Å². The molecule has 1 aliphatic rings. The van der Waals surface area contributed by atoms with Crippen molar-refractivity contribution in [3.05, 3.63) is 145 Å². The highest BCUT2D eigenvalue weighted by molar-refractivity contribution is 7.26. The molecule has 0 saturated carbocycles. The average Bonchev–Trinajstić information content (AvgIpc) is 3.75. The van der Waals surface area contributed by atoms with Crippen molar-refractivity contribution >= 4 is 53.6 Å². The molecule has 0 atom stereocenters. The molecule has 222 valence electrons. The fourth-order valence-electron chi connectivity index (χ4n) is 7.56. The quantitative estimate of drug-likeness (QED) is 0.197. The van der Waals surface area contributed by atoms with Gasteiger partial charge in [0.2, 0.25) is 0 Å². The molecule has 0 bridgehead atoms. The van der Waals surface area contributed by atoms with Crippen LogP contribution in [0.2, 0.25) is 0 Å². The molecule has 10 rings (SSSR count). The maximum Gasteiger partial charge on any atom is 0.172 e. The Morgan fingerprint density at radius 1 is 0.553 bits per heavy atom. The lowest BCUT2D eigenvalue weighted by atomic mass is 9.81. The van der Waals surface area contributed by atoms with Gasteiger partial charge in [0.25, 0.3) is 0 Å². The van der Waals surface area contributed by atoms with Gasteiger partial charge in [0, 0.05) is 36.5 Å². The highest BCUT2D eigenvalue weighted by atomic mass is 32.1. The van der Waals surface area contributed by atoms with E-state index in [1.54, 1.807) is 0 Å². The molecule has 4 heteroatoms. The van der Waals surface area contributed by atoms with Gasteiger partial charge >= 0.3 is 0 Å². The molecule has 0 unspecified atom stereocenters. The number of benzene rings is 6. The third-order valence-corrected chi connectivity index (χ3v) is 11.2. The fourth-order valence-corrected chi connectivity index (χ4v) is 8.80. The fraction of sp³-hybridized carbons (Fsp3) is 0.0698. The van der Waals surface area contributed by atoms with Crippen molar-refractivity contribution in [3.8, 4) is 44.8 Å². The van der Waals surface area contributed by atoms with Crippen LogP contribution in [0, 0.1) is 0 Å². The first kappa shape index (κ1) is 26.6. The summed E-state index contributed by atoms with van der Waals surface area (Å²) in [5.74, 6) is 0.688. The number of thiophene rings is 1. The van der Waals surface area contributed by atoms with Gasteiger partial charge in [-0.2, -0.15) is 0 Å². The SMILES string of the molecule is CC1(C)c2ccccc2-c2ccc(-c3ccc4oc5cnc(-c6cccc(-c7cccc8c7sc7ccccc78)c6)nc5c4c3)cc21. The lowest BCUT2D eigenvalue weighted by Crippen LogP contribution is -2.14. The van der Waals surface area contributed by atoms with Gasteiger partial charge in [-0.3, -0.25) is 0 Å². The highest BCUT2D eigenvalue weighted by Gasteiger charge is 2.35. The lowest BCUT2D eigenvalue weighted by Gasteiger charge is -2.22. The molecule has 0 aliphatic heterocycles. The van der Waals surface area contributed by atoms with E-state index < -0.39 is 0 Å². The van der Waals surface area contributed by atoms with Crippen molar-refractivity contribution in [2.45, 2.75) is 19.3 Å². The predicted molar refractivity (Wildman–Crippen MR) is 196 cm³/mol. The predicted octanol–water partition coefficient (Wildman–Crippen LogP) is 12.1. The Hall–Kier alpha value is -5.58. The maximum absolute atomic E-state index is 6.23. The minimum absolute atomic E-state index is 0.0481. The summed E-state index contributed by atoms with van der Waals surface area (Å²) < 4.78 is 8.84. The zero-order valence-corrected chi connectivity index (χ0v) is 26.7. The molecule has 0 fully saturated rings. The van der Waals surface area contributed by atoms with Gasteiger partial charge in [-0.05, 0) is 74.8 Å². The van der Waals surface area contributed by atoms with Crippen molar-refractivity contribution in [1.82, 2.24) is 9.97 Å². The minimum atomic E-state index is -0.0481. The molecule has 3 heterocycles. The van der Waals surface area contributed by atoms with E-state index in [4.69, 9.17) is 14.4 Å². The van der Waals surface area contributed by atoms with Crippen LogP contribution in [0.3, 0.4) is 0 Å². The van der Waals surface area contributed by atoms with Crippen molar-refractivity contribution in [3.63, 3.8) is 0 Å². The van der Waals surface area contributed by atoms with E-state index in [9.17, 15) is 0 Å². The van der Waals surface area contributed by atoms with E-state index in [0.717, 1.165) is 33.2 Å². The molecule has 6 aromatic carbocycles. The molecule has 47 heavy (non-hydrogen) atoms. The Kier molecular flexibility index (Phi) is 5.50. The number of nitrogens with zero attached hydrogens (tertiary/aromatic N) is 2. The lowest BCUT2D eigenvalue weighted by molar-refractivity contribution is 0.660. The van der Waals surface area contributed by atoms with E-state index in [1.807, 2.05) is 17.5 Å². The Bertz CT molecular complexity index is 2730. The number of aromatic nitrogens is 2. The molecule has 0 saturated heterocycles. The molecule has 9 aromatic rings. The van der Waals surface area contributed by atoms with Crippen LogP contribution in [0.15, 0.2) is 138 Å². The summed E-state index contributed by atoms with van der Waals surface area (Å²) >= 11 is 1.85. The van der Waals surface area contributed by atoms with E-state index >= 15 is 0 Å². The van der Waals surface area contributed by atoms with Crippen LogP contribution in [-0.2, 0) is 5.41 Å². The zero-order chi connectivity index (χ0) is 31.3. The van der Waals surface area contributed by atoms with Crippen molar-refractivity contribution in [1.29, 1.82) is 0 Å². The number of rotatable bonds is 3. The third-order valence-electron chi connectivity index (χ3n) is 9.96. The second kappa shape index (κ2) is 9.71.